The minimum absolute atomic E-state index is 0.0261. The lowest BCUT2D eigenvalue weighted by Gasteiger charge is -2.23. The minimum atomic E-state index is -0.537. The maximum Gasteiger partial charge on any atom is 0.306 e. The number of ether oxygens (including phenoxy) is 1. The van der Waals surface area contributed by atoms with E-state index in [9.17, 15) is 14.4 Å². The first-order chi connectivity index (χ1) is 14.0. The Balaban J connectivity index is 2.10. The highest BCUT2D eigenvalue weighted by Crippen LogP contribution is 2.14. The van der Waals surface area contributed by atoms with Crippen LogP contribution in [-0.4, -0.2) is 48.2 Å². The second-order valence-electron chi connectivity index (χ2n) is 7.38. The summed E-state index contributed by atoms with van der Waals surface area (Å²) in [5, 5.41) is 14.7. The first-order valence-corrected chi connectivity index (χ1v) is 10.0. The van der Waals surface area contributed by atoms with Gasteiger partial charge in [0.2, 0.25) is 11.8 Å². The summed E-state index contributed by atoms with van der Waals surface area (Å²) in [5.74, 6) is -1.36. The van der Waals surface area contributed by atoms with E-state index in [0.29, 0.717) is 19.3 Å². The van der Waals surface area contributed by atoms with E-state index in [2.05, 4.69) is 10.6 Å². The summed E-state index contributed by atoms with van der Waals surface area (Å²) in [6, 6.07) is 8.91. The number of hydrogen-bond donors (Lipinski definition) is 3. The minimum Gasteiger partial charge on any atom is -0.463 e. The van der Waals surface area contributed by atoms with Gasteiger partial charge in [0.05, 0.1) is 18.6 Å². The number of amides is 2. The van der Waals surface area contributed by atoms with E-state index in [1.54, 1.807) is 6.92 Å². The van der Waals surface area contributed by atoms with Gasteiger partial charge in [0.25, 0.3) is 0 Å². The van der Waals surface area contributed by atoms with Crippen LogP contribution in [0.2, 0.25) is 0 Å². The highest BCUT2D eigenvalue weighted by atomic mass is 16.5. The fraction of sp³-hybridized carbons (Fsp3) is 0.500. The number of aliphatic hydroxyl groups excluding tert-OH is 1. The molecule has 0 radical (unpaired) electrons. The molecule has 0 fully saturated rings. The number of rotatable bonds is 6. The van der Waals surface area contributed by atoms with Crippen LogP contribution in [-0.2, 0) is 25.5 Å². The van der Waals surface area contributed by atoms with Crippen LogP contribution in [0, 0.1) is 5.92 Å². The van der Waals surface area contributed by atoms with E-state index in [4.69, 9.17) is 9.84 Å². The third kappa shape index (κ3) is 8.48. The Labute approximate surface area is 171 Å². The number of hydrogen-bond acceptors (Lipinski definition) is 5. The van der Waals surface area contributed by atoms with Crippen molar-refractivity contribution in [1.29, 1.82) is 0 Å². The lowest BCUT2D eigenvalue weighted by atomic mass is 9.97. The van der Waals surface area contributed by atoms with Gasteiger partial charge in [-0.25, -0.2) is 0 Å². The van der Waals surface area contributed by atoms with Gasteiger partial charge in [-0.1, -0.05) is 42.5 Å². The Hall–Kier alpha value is -2.67. The number of esters is 1. The van der Waals surface area contributed by atoms with Crippen molar-refractivity contribution in [2.24, 2.45) is 5.92 Å². The standard InChI is InChI=1S/C22H30N2O5/c1-16(14-25)23-20(26)13-18-10-6-3-7-11-21(27)29-15-19(24-22(18)28)12-17-8-4-2-5-9-17/h2-6,8-9,16,18-19,25H,7,10-15H2,1H3,(H,23,26)(H,24,28)/t16-,18-,19+/m1/s1. The smallest absolute Gasteiger partial charge is 0.306 e. The SMILES string of the molecule is C[C@H](CO)NC(=O)C[C@H]1CC=CCCC(=O)OC[C@H](Cc2ccccc2)NC1=O. The molecule has 7 nitrogen and oxygen atoms in total. The van der Waals surface area contributed by atoms with E-state index in [1.165, 1.54) is 0 Å². The third-order valence-corrected chi connectivity index (χ3v) is 4.70. The van der Waals surface area contributed by atoms with Gasteiger partial charge in [-0.3, -0.25) is 14.4 Å². The molecule has 1 aliphatic rings. The second kappa shape index (κ2) is 12.0. The Morgan fingerprint density at radius 3 is 2.76 bits per heavy atom. The van der Waals surface area contributed by atoms with Crippen molar-refractivity contribution in [1.82, 2.24) is 10.6 Å². The van der Waals surface area contributed by atoms with Crippen LogP contribution in [0.25, 0.3) is 0 Å². The molecule has 7 heteroatoms. The molecule has 2 rings (SSSR count). The van der Waals surface area contributed by atoms with Crippen LogP contribution >= 0.6 is 0 Å². The molecule has 0 aromatic heterocycles. The van der Waals surface area contributed by atoms with Crippen molar-refractivity contribution in [3.8, 4) is 0 Å². The van der Waals surface area contributed by atoms with Gasteiger partial charge < -0.3 is 20.5 Å². The van der Waals surface area contributed by atoms with Crippen LogP contribution < -0.4 is 10.6 Å². The van der Waals surface area contributed by atoms with E-state index in [1.807, 2.05) is 42.5 Å². The van der Waals surface area contributed by atoms with Crippen LogP contribution in [0.3, 0.4) is 0 Å². The number of carbonyl (C=O) groups excluding carboxylic acids is 3. The predicted octanol–water partition coefficient (Wildman–Crippen LogP) is 1.50. The summed E-state index contributed by atoms with van der Waals surface area (Å²) in [4.78, 5) is 37.0. The summed E-state index contributed by atoms with van der Waals surface area (Å²) in [5.41, 5.74) is 1.02. The molecule has 0 spiro atoms. The van der Waals surface area contributed by atoms with Gasteiger partial charge >= 0.3 is 5.97 Å². The number of benzene rings is 1. The van der Waals surface area contributed by atoms with Gasteiger partial charge in [0.1, 0.15) is 6.61 Å². The van der Waals surface area contributed by atoms with Crippen LogP contribution in [0.1, 0.15) is 38.2 Å². The summed E-state index contributed by atoms with van der Waals surface area (Å²) in [6.07, 6.45) is 5.42. The highest BCUT2D eigenvalue weighted by Gasteiger charge is 2.25. The molecule has 1 heterocycles. The zero-order valence-electron chi connectivity index (χ0n) is 16.8. The van der Waals surface area contributed by atoms with Gasteiger partial charge in [-0.15, -0.1) is 0 Å². The Kier molecular flexibility index (Phi) is 9.37. The zero-order chi connectivity index (χ0) is 21.1. The quantitative estimate of drug-likeness (QED) is 0.494. The number of nitrogens with one attached hydrogen (secondary N) is 2. The molecule has 29 heavy (non-hydrogen) atoms. The molecule has 1 aliphatic heterocycles. The van der Waals surface area contributed by atoms with Gasteiger partial charge in [0.15, 0.2) is 0 Å². The van der Waals surface area contributed by atoms with E-state index >= 15 is 0 Å². The van der Waals surface area contributed by atoms with E-state index in [-0.39, 0.29) is 55.9 Å². The van der Waals surface area contributed by atoms with E-state index in [0.717, 1.165) is 5.56 Å². The highest BCUT2D eigenvalue weighted by molar-refractivity contribution is 5.86. The average molecular weight is 402 g/mol. The van der Waals surface area contributed by atoms with Crippen molar-refractivity contribution >= 4 is 17.8 Å². The fourth-order valence-electron chi connectivity index (χ4n) is 3.10. The van der Waals surface area contributed by atoms with Crippen LogP contribution in [0.4, 0.5) is 0 Å². The molecule has 1 aromatic carbocycles. The topological polar surface area (TPSA) is 105 Å². The van der Waals surface area contributed by atoms with Crippen LogP contribution in [0.15, 0.2) is 42.5 Å². The number of allylic oxidation sites excluding steroid dienone is 2. The molecular formula is C22H30N2O5. The normalized spacial score (nSPS) is 21.9. The molecule has 1 aromatic rings. The van der Waals surface area contributed by atoms with Crippen LogP contribution in [0.5, 0.6) is 0 Å². The van der Waals surface area contributed by atoms with Crippen molar-refractivity contribution in [2.45, 2.75) is 51.1 Å². The van der Waals surface area contributed by atoms with Gasteiger partial charge in [0, 0.05) is 18.9 Å². The molecule has 0 saturated heterocycles. The van der Waals surface area contributed by atoms with Crippen molar-refractivity contribution < 1.29 is 24.2 Å². The monoisotopic (exact) mass is 402 g/mol. The molecule has 2 amide bonds. The molecule has 0 saturated carbocycles. The number of cyclic esters (lactones) is 1. The fourth-order valence-corrected chi connectivity index (χ4v) is 3.10. The maximum absolute atomic E-state index is 12.9. The summed E-state index contributed by atoms with van der Waals surface area (Å²) < 4.78 is 5.34. The maximum atomic E-state index is 12.9. The Morgan fingerprint density at radius 2 is 2.03 bits per heavy atom. The Bertz CT molecular complexity index is 704. The molecule has 158 valence electrons. The first kappa shape index (κ1) is 22.6. The lowest BCUT2D eigenvalue weighted by Crippen LogP contribution is -2.45. The average Bonchev–Trinajstić information content (AvgIpc) is 2.70. The largest absolute Gasteiger partial charge is 0.463 e. The molecule has 0 bridgehead atoms. The van der Waals surface area contributed by atoms with Crippen molar-refractivity contribution in [3.63, 3.8) is 0 Å². The summed E-state index contributed by atoms with van der Waals surface area (Å²) >= 11 is 0. The van der Waals surface area contributed by atoms with Gasteiger partial charge in [-0.05, 0) is 31.7 Å². The second-order valence-corrected chi connectivity index (χ2v) is 7.38. The number of aliphatic hydroxyl groups is 1. The van der Waals surface area contributed by atoms with Crippen molar-refractivity contribution in [3.05, 3.63) is 48.0 Å². The first-order valence-electron chi connectivity index (χ1n) is 10.0. The molecule has 3 atom stereocenters. The van der Waals surface area contributed by atoms with Crippen molar-refractivity contribution in [2.75, 3.05) is 13.2 Å². The summed E-state index contributed by atoms with van der Waals surface area (Å²) in [7, 11) is 0. The molecule has 3 N–H and O–H groups in total. The molecular weight excluding hydrogens is 372 g/mol. The number of carbonyl (C=O) groups is 3. The van der Waals surface area contributed by atoms with Gasteiger partial charge in [-0.2, -0.15) is 0 Å². The Morgan fingerprint density at radius 1 is 1.28 bits per heavy atom. The van der Waals surface area contributed by atoms with E-state index < -0.39 is 5.92 Å². The summed E-state index contributed by atoms with van der Waals surface area (Å²) in [6.45, 7) is 1.62. The lowest BCUT2D eigenvalue weighted by molar-refractivity contribution is -0.145. The zero-order valence-corrected chi connectivity index (χ0v) is 16.8. The molecule has 0 unspecified atom stereocenters. The third-order valence-electron chi connectivity index (χ3n) is 4.70. The predicted molar refractivity (Wildman–Crippen MR) is 109 cm³/mol. The molecule has 0 aliphatic carbocycles.